The number of fused-ring (bicyclic) bond motifs is 1. The molecule has 2 aromatic rings. The number of nitrogens with one attached hydrogen (secondary N) is 1. The van der Waals surface area contributed by atoms with Crippen LogP contribution in [0.2, 0.25) is 5.02 Å². The largest absolute Gasteiger partial charge is 0.495 e. The van der Waals surface area contributed by atoms with E-state index >= 15 is 0 Å². The van der Waals surface area contributed by atoms with Gasteiger partial charge >= 0.3 is 0 Å². The lowest BCUT2D eigenvalue weighted by Crippen LogP contribution is -2.35. The fourth-order valence-corrected chi connectivity index (χ4v) is 5.23. The van der Waals surface area contributed by atoms with Gasteiger partial charge in [0, 0.05) is 23.8 Å². The summed E-state index contributed by atoms with van der Waals surface area (Å²) in [5, 5.41) is 0.269. The number of ether oxygens (including phenoxy) is 1. The summed E-state index contributed by atoms with van der Waals surface area (Å²) in [7, 11) is -5.87. The van der Waals surface area contributed by atoms with E-state index in [1.807, 2.05) is 6.07 Å². The van der Waals surface area contributed by atoms with Gasteiger partial charge in [0.1, 0.15) is 10.6 Å². The van der Waals surface area contributed by atoms with E-state index in [0.29, 0.717) is 18.7 Å². The molecule has 0 saturated heterocycles. The molecule has 0 amide bonds. The molecule has 3 rings (SSSR count). The van der Waals surface area contributed by atoms with Crippen LogP contribution in [0.4, 0.5) is 5.69 Å². The summed E-state index contributed by atoms with van der Waals surface area (Å²) in [5.41, 5.74) is 2.11. The van der Waals surface area contributed by atoms with Crippen LogP contribution in [0, 0.1) is 0 Å². The number of anilines is 1. The van der Waals surface area contributed by atoms with Gasteiger partial charge in [0.15, 0.2) is 0 Å². The Labute approximate surface area is 164 Å². The van der Waals surface area contributed by atoms with Gasteiger partial charge in [-0.05, 0) is 47.9 Å². The van der Waals surface area contributed by atoms with Crippen molar-refractivity contribution in [3.63, 3.8) is 0 Å². The number of halogens is 1. The van der Waals surface area contributed by atoms with Crippen molar-refractivity contribution in [1.82, 2.24) is 4.31 Å². The molecule has 7 nitrogen and oxygen atoms in total. The van der Waals surface area contributed by atoms with Gasteiger partial charge in [0.25, 0.3) is 10.0 Å². The van der Waals surface area contributed by atoms with Crippen molar-refractivity contribution in [2.75, 3.05) is 24.6 Å². The molecule has 0 aromatic heterocycles. The maximum absolute atomic E-state index is 12.8. The van der Waals surface area contributed by atoms with Crippen molar-refractivity contribution in [2.24, 2.45) is 0 Å². The van der Waals surface area contributed by atoms with Crippen LogP contribution >= 0.6 is 11.6 Å². The lowest BCUT2D eigenvalue weighted by atomic mass is 10.0. The van der Waals surface area contributed by atoms with E-state index in [-0.39, 0.29) is 22.2 Å². The maximum Gasteiger partial charge on any atom is 0.265 e. The summed E-state index contributed by atoms with van der Waals surface area (Å²) in [6.45, 7) is 0.626. The highest BCUT2D eigenvalue weighted by Crippen LogP contribution is 2.30. The minimum Gasteiger partial charge on any atom is -0.495 e. The van der Waals surface area contributed by atoms with E-state index in [0.717, 1.165) is 17.4 Å². The van der Waals surface area contributed by atoms with Crippen LogP contribution in [-0.4, -0.2) is 41.1 Å². The molecule has 1 heterocycles. The first-order chi connectivity index (χ1) is 12.6. The number of sulfonamides is 2. The van der Waals surface area contributed by atoms with E-state index < -0.39 is 20.0 Å². The topological polar surface area (TPSA) is 92.8 Å². The Morgan fingerprint density at radius 2 is 1.81 bits per heavy atom. The van der Waals surface area contributed by atoms with Crippen LogP contribution in [0.1, 0.15) is 11.1 Å². The monoisotopic (exact) mass is 430 g/mol. The molecule has 0 radical (unpaired) electrons. The summed E-state index contributed by atoms with van der Waals surface area (Å²) in [5.74, 6) is 0.174. The minimum absolute atomic E-state index is 0.0759. The molecule has 1 N–H and O–H groups in total. The average molecular weight is 431 g/mol. The molecule has 1 aliphatic rings. The lowest BCUT2D eigenvalue weighted by molar-refractivity contribution is 0.395. The predicted octanol–water partition coefficient (Wildman–Crippen LogP) is 2.47. The third kappa shape index (κ3) is 4.37. The number of hydrogen-bond acceptors (Lipinski definition) is 5. The molecule has 0 spiro atoms. The molecular weight excluding hydrogens is 412 g/mol. The van der Waals surface area contributed by atoms with Gasteiger partial charge in [0.2, 0.25) is 10.0 Å². The molecule has 1 aliphatic heterocycles. The van der Waals surface area contributed by atoms with Crippen molar-refractivity contribution in [3.05, 3.63) is 52.5 Å². The Kier molecular flexibility index (Phi) is 5.40. The van der Waals surface area contributed by atoms with Crippen LogP contribution < -0.4 is 9.46 Å². The normalized spacial score (nSPS) is 15.2. The zero-order chi connectivity index (χ0) is 19.8. The molecule has 0 saturated carbocycles. The van der Waals surface area contributed by atoms with Crippen LogP contribution in [0.15, 0.2) is 41.3 Å². The minimum atomic E-state index is -3.94. The second kappa shape index (κ2) is 7.31. The second-order valence-electron chi connectivity index (χ2n) is 6.23. The molecule has 0 bridgehead atoms. The van der Waals surface area contributed by atoms with Gasteiger partial charge in [-0.15, -0.1) is 0 Å². The van der Waals surface area contributed by atoms with Gasteiger partial charge in [-0.25, -0.2) is 16.8 Å². The van der Waals surface area contributed by atoms with Gasteiger partial charge < -0.3 is 4.74 Å². The Morgan fingerprint density at radius 3 is 2.48 bits per heavy atom. The first-order valence-corrected chi connectivity index (χ1v) is 11.7. The number of rotatable bonds is 5. The maximum atomic E-state index is 12.8. The summed E-state index contributed by atoms with van der Waals surface area (Å²) >= 11 is 5.93. The molecule has 146 valence electrons. The van der Waals surface area contributed by atoms with Crippen LogP contribution in [0.3, 0.4) is 0 Å². The van der Waals surface area contributed by atoms with Crippen molar-refractivity contribution in [2.45, 2.75) is 17.9 Å². The van der Waals surface area contributed by atoms with E-state index in [9.17, 15) is 16.8 Å². The van der Waals surface area contributed by atoms with Crippen LogP contribution in [-0.2, 0) is 33.0 Å². The second-order valence-corrected chi connectivity index (χ2v) is 10.3. The predicted molar refractivity (Wildman–Crippen MR) is 104 cm³/mol. The summed E-state index contributed by atoms with van der Waals surface area (Å²) in [6.07, 6.45) is 1.74. The highest BCUT2D eigenvalue weighted by atomic mass is 35.5. The molecule has 0 aliphatic carbocycles. The van der Waals surface area contributed by atoms with Gasteiger partial charge in [-0.2, -0.15) is 4.31 Å². The van der Waals surface area contributed by atoms with Crippen molar-refractivity contribution in [3.8, 4) is 5.75 Å². The van der Waals surface area contributed by atoms with Crippen molar-refractivity contribution in [1.29, 1.82) is 0 Å². The zero-order valence-electron chi connectivity index (χ0n) is 14.8. The van der Waals surface area contributed by atoms with E-state index in [2.05, 4.69) is 4.72 Å². The third-order valence-corrected chi connectivity index (χ3v) is 7.21. The molecule has 0 unspecified atom stereocenters. The third-order valence-electron chi connectivity index (χ3n) is 4.32. The number of nitrogens with zero attached hydrogens (tertiary/aromatic N) is 1. The van der Waals surface area contributed by atoms with Crippen LogP contribution in [0.25, 0.3) is 0 Å². The van der Waals surface area contributed by atoms with Crippen molar-refractivity contribution >= 4 is 37.3 Å². The fourth-order valence-electron chi connectivity index (χ4n) is 2.95. The Balaban J connectivity index is 1.92. The van der Waals surface area contributed by atoms with Crippen molar-refractivity contribution < 1.29 is 21.6 Å². The SMILES string of the molecule is COc1ccc(Cl)cc1S(=O)(=O)Nc1ccc2c(c1)CN(S(C)(=O)=O)CC2. The molecule has 0 fully saturated rings. The van der Waals surface area contributed by atoms with Gasteiger partial charge in [-0.1, -0.05) is 17.7 Å². The Morgan fingerprint density at radius 1 is 1.07 bits per heavy atom. The Hall–Kier alpha value is -1.81. The fraction of sp³-hybridized carbons (Fsp3) is 0.294. The molecular formula is C17H19ClN2O5S2. The number of benzene rings is 2. The van der Waals surface area contributed by atoms with E-state index in [4.69, 9.17) is 16.3 Å². The molecule has 0 atom stereocenters. The summed E-state index contributed by atoms with van der Waals surface area (Å²) in [4.78, 5) is -0.0759. The number of hydrogen-bond donors (Lipinski definition) is 1. The quantitative estimate of drug-likeness (QED) is 0.786. The lowest BCUT2D eigenvalue weighted by Gasteiger charge is -2.27. The first-order valence-electron chi connectivity index (χ1n) is 8.03. The first kappa shape index (κ1) is 19.9. The zero-order valence-corrected chi connectivity index (χ0v) is 17.2. The molecule has 10 heteroatoms. The molecule has 2 aromatic carbocycles. The average Bonchev–Trinajstić information content (AvgIpc) is 2.60. The number of methoxy groups -OCH3 is 1. The standard InChI is InChI=1S/C17H19ClN2O5S2/c1-25-16-6-4-14(18)10-17(16)27(23,24)19-15-5-3-12-7-8-20(26(2,21)22)11-13(12)9-15/h3-6,9-10,19H,7-8,11H2,1-2H3. The van der Waals surface area contributed by atoms with Gasteiger partial charge in [-0.3, -0.25) is 4.72 Å². The summed E-state index contributed by atoms with van der Waals surface area (Å²) in [6, 6.07) is 9.45. The van der Waals surface area contributed by atoms with E-state index in [1.165, 1.54) is 29.6 Å². The highest BCUT2D eigenvalue weighted by molar-refractivity contribution is 7.92. The highest BCUT2D eigenvalue weighted by Gasteiger charge is 2.25. The smallest absolute Gasteiger partial charge is 0.265 e. The molecule has 27 heavy (non-hydrogen) atoms. The van der Waals surface area contributed by atoms with Gasteiger partial charge in [0.05, 0.1) is 13.4 Å². The summed E-state index contributed by atoms with van der Waals surface area (Å²) < 4.78 is 58.1. The van der Waals surface area contributed by atoms with Crippen LogP contribution in [0.5, 0.6) is 5.75 Å². The Bertz CT molecular complexity index is 1080. The van der Waals surface area contributed by atoms with E-state index in [1.54, 1.807) is 12.1 Å².